The molecule has 0 amide bonds. The summed E-state index contributed by atoms with van der Waals surface area (Å²) in [6.07, 6.45) is 7.37. The Hall–Kier alpha value is -1.48. The second-order valence-corrected chi connectivity index (χ2v) is 4.75. The maximum absolute atomic E-state index is 5.98. The monoisotopic (exact) mass is 230 g/mol. The summed E-state index contributed by atoms with van der Waals surface area (Å²) >= 11 is 0. The van der Waals surface area contributed by atoms with E-state index in [1.165, 1.54) is 31.1 Å². The first-order chi connectivity index (χ1) is 8.36. The smallest absolute Gasteiger partial charge is 0.121 e. The Balaban J connectivity index is 1.86. The number of aromatic amines is 1. The molecule has 3 rings (SSSR count). The molecular weight excluding hydrogens is 212 g/mol. The Kier molecular flexibility index (Phi) is 2.77. The van der Waals surface area contributed by atoms with Crippen molar-refractivity contribution in [3.63, 3.8) is 0 Å². The number of nitrogens with one attached hydrogen (secondary N) is 1. The van der Waals surface area contributed by atoms with Crippen molar-refractivity contribution in [2.45, 2.75) is 38.3 Å². The van der Waals surface area contributed by atoms with Gasteiger partial charge in [0.15, 0.2) is 0 Å². The van der Waals surface area contributed by atoms with E-state index in [-0.39, 0.29) is 0 Å². The number of hydrogen-bond acceptors (Lipinski definition) is 2. The first-order valence-corrected chi connectivity index (χ1v) is 6.33. The Bertz CT molecular complexity index is 512. The molecule has 0 unspecified atom stereocenters. The van der Waals surface area contributed by atoms with E-state index in [1.807, 2.05) is 12.3 Å². The van der Waals surface area contributed by atoms with Crippen LogP contribution in [0.4, 0.5) is 0 Å². The summed E-state index contributed by atoms with van der Waals surface area (Å²) in [7, 11) is 0. The molecule has 1 aromatic heterocycles. The van der Waals surface area contributed by atoms with Gasteiger partial charge in [-0.25, -0.2) is 0 Å². The zero-order valence-corrected chi connectivity index (χ0v) is 9.91. The van der Waals surface area contributed by atoms with Crippen molar-refractivity contribution < 1.29 is 4.74 Å². The zero-order valence-electron chi connectivity index (χ0n) is 9.91. The van der Waals surface area contributed by atoms with Crippen molar-refractivity contribution in [3.8, 4) is 5.75 Å². The van der Waals surface area contributed by atoms with Crippen molar-refractivity contribution in [3.05, 3.63) is 30.0 Å². The molecule has 0 spiro atoms. The van der Waals surface area contributed by atoms with Crippen LogP contribution in [0.5, 0.6) is 5.75 Å². The summed E-state index contributed by atoms with van der Waals surface area (Å²) < 4.78 is 5.98. The van der Waals surface area contributed by atoms with E-state index < -0.39 is 0 Å². The molecule has 17 heavy (non-hydrogen) atoms. The van der Waals surface area contributed by atoms with Crippen LogP contribution in [-0.4, -0.2) is 11.1 Å². The Morgan fingerprint density at radius 3 is 2.88 bits per heavy atom. The minimum atomic E-state index is 0.413. The lowest BCUT2D eigenvalue weighted by Gasteiger charge is -2.12. The van der Waals surface area contributed by atoms with E-state index in [0.717, 1.165) is 16.8 Å². The first-order valence-electron chi connectivity index (χ1n) is 6.33. The summed E-state index contributed by atoms with van der Waals surface area (Å²) in [5, 5.41) is 1.20. The van der Waals surface area contributed by atoms with E-state index in [4.69, 9.17) is 10.5 Å². The molecule has 0 bridgehead atoms. The molecule has 1 heterocycles. The van der Waals surface area contributed by atoms with E-state index in [9.17, 15) is 0 Å². The maximum Gasteiger partial charge on any atom is 0.121 e. The van der Waals surface area contributed by atoms with Crippen LogP contribution in [0.25, 0.3) is 10.9 Å². The summed E-state index contributed by atoms with van der Waals surface area (Å²) in [4.78, 5) is 3.24. The van der Waals surface area contributed by atoms with E-state index in [1.54, 1.807) is 0 Å². The van der Waals surface area contributed by atoms with Crippen LogP contribution in [-0.2, 0) is 6.54 Å². The van der Waals surface area contributed by atoms with Gasteiger partial charge in [0.05, 0.1) is 6.10 Å². The highest BCUT2D eigenvalue weighted by Crippen LogP contribution is 2.27. The van der Waals surface area contributed by atoms with Gasteiger partial charge in [0.25, 0.3) is 0 Å². The predicted molar refractivity (Wildman–Crippen MR) is 69.1 cm³/mol. The van der Waals surface area contributed by atoms with Gasteiger partial charge in [0, 0.05) is 29.7 Å². The van der Waals surface area contributed by atoms with Crippen LogP contribution in [0, 0.1) is 0 Å². The van der Waals surface area contributed by atoms with Gasteiger partial charge in [-0.1, -0.05) is 0 Å². The third kappa shape index (κ3) is 2.03. The molecular formula is C14H18N2O. The van der Waals surface area contributed by atoms with Crippen LogP contribution < -0.4 is 10.5 Å². The highest BCUT2D eigenvalue weighted by atomic mass is 16.5. The standard InChI is InChI=1S/C14H18N2O/c15-8-10-9-16-14-7-12(5-6-13(10)14)17-11-3-1-2-4-11/h5-7,9,11,16H,1-4,8,15H2. The molecule has 0 saturated heterocycles. The Morgan fingerprint density at radius 1 is 1.29 bits per heavy atom. The minimum absolute atomic E-state index is 0.413. The molecule has 1 fully saturated rings. The molecule has 0 atom stereocenters. The second kappa shape index (κ2) is 4.41. The van der Waals surface area contributed by atoms with E-state index in [0.29, 0.717) is 12.6 Å². The minimum Gasteiger partial charge on any atom is -0.490 e. The fraction of sp³-hybridized carbons (Fsp3) is 0.429. The highest BCUT2D eigenvalue weighted by molar-refractivity contribution is 5.84. The van der Waals surface area contributed by atoms with Gasteiger partial charge in [-0.05, 0) is 43.4 Å². The van der Waals surface area contributed by atoms with Crippen LogP contribution >= 0.6 is 0 Å². The Labute approximate surface area is 101 Å². The van der Waals surface area contributed by atoms with Crippen molar-refractivity contribution in [2.24, 2.45) is 5.73 Å². The van der Waals surface area contributed by atoms with Gasteiger partial charge in [0.1, 0.15) is 5.75 Å². The molecule has 3 nitrogen and oxygen atoms in total. The summed E-state index contributed by atoms with van der Waals surface area (Å²) in [5.74, 6) is 0.967. The lowest BCUT2D eigenvalue weighted by Crippen LogP contribution is -2.10. The number of aromatic nitrogens is 1. The highest BCUT2D eigenvalue weighted by Gasteiger charge is 2.16. The lowest BCUT2D eigenvalue weighted by atomic mass is 10.1. The van der Waals surface area contributed by atoms with Gasteiger partial charge < -0.3 is 15.5 Å². The third-order valence-corrected chi connectivity index (χ3v) is 3.56. The Morgan fingerprint density at radius 2 is 2.12 bits per heavy atom. The van der Waals surface area contributed by atoms with E-state index in [2.05, 4.69) is 17.1 Å². The topological polar surface area (TPSA) is 51.0 Å². The zero-order chi connectivity index (χ0) is 11.7. The summed E-state index contributed by atoms with van der Waals surface area (Å²) in [5.41, 5.74) is 7.95. The number of rotatable bonds is 3. The quantitative estimate of drug-likeness (QED) is 0.851. The molecule has 1 aromatic carbocycles. The van der Waals surface area contributed by atoms with Gasteiger partial charge in [-0.15, -0.1) is 0 Å². The average Bonchev–Trinajstić information content (AvgIpc) is 2.97. The number of hydrogen-bond donors (Lipinski definition) is 2. The molecule has 2 aromatic rings. The van der Waals surface area contributed by atoms with Crippen molar-refractivity contribution in [1.29, 1.82) is 0 Å². The number of nitrogens with two attached hydrogens (primary N) is 1. The van der Waals surface area contributed by atoms with Crippen LogP contribution in [0.1, 0.15) is 31.2 Å². The van der Waals surface area contributed by atoms with Crippen molar-refractivity contribution in [2.75, 3.05) is 0 Å². The summed E-state index contributed by atoms with van der Waals surface area (Å²) in [6, 6.07) is 6.22. The third-order valence-electron chi connectivity index (χ3n) is 3.56. The van der Waals surface area contributed by atoms with E-state index >= 15 is 0 Å². The lowest BCUT2D eigenvalue weighted by molar-refractivity contribution is 0.210. The first kappa shape index (κ1) is 10.7. The normalized spacial score (nSPS) is 16.8. The van der Waals surface area contributed by atoms with Crippen LogP contribution in [0.2, 0.25) is 0 Å². The fourth-order valence-corrected chi connectivity index (χ4v) is 2.61. The predicted octanol–water partition coefficient (Wildman–Crippen LogP) is 2.95. The van der Waals surface area contributed by atoms with Gasteiger partial charge in [0.2, 0.25) is 0 Å². The fourth-order valence-electron chi connectivity index (χ4n) is 2.61. The maximum atomic E-state index is 5.98. The SMILES string of the molecule is NCc1c[nH]c2cc(OC3CCCC3)ccc12. The van der Waals surface area contributed by atoms with Crippen molar-refractivity contribution >= 4 is 10.9 Å². The van der Waals surface area contributed by atoms with Crippen LogP contribution in [0.15, 0.2) is 24.4 Å². The molecule has 1 saturated carbocycles. The number of ether oxygens (including phenoxy) is 1. The number of H-pyrrole nitrogens is 1. The molecule has 0 aliphatic heterocycles. The van der Waals surface area contributed by atoms with Crippen LogP contribution in [0.3, 0.4) is 0 Å². The molecule has 1 aliphatic carbocycles. The number of fused-ring (bicyclic) bond motifs is 1. The molecule has 0 radical (unpaired) electrons. The largest absolute Gasteiger partial charge is 0.490 e. The average molecular weight is 230 g/mol. The second-order valence-electron chi connectivity index (χ2n) is 4.75. The molecule has 3 N–H and O–H groups in total. The summed E-state index contributed by atoms with van der Waals surface area (Å²) in [6.45, 7) is 0.572. The number of benzene rings is 1. The molecule has 3 heteroatoms. The molecule has 1 aliphatic rings. The van der Waals surface area contributed by atoms with Gasteiger partial charge >= 0.3 is 0 Å². The van der Waals surface area contributed by atoms with Gasteiger partial charge in [-0.2, -0.15) is 0 Å². The molecule has 90 valence electrons. The van der Waals surface area contributed by atoms with Crippen molar-refractivity contribution in [1.82, 2.24) is 4.98 Å². The van der Waals surface area contributed by atoms with Gasteiger partial charge in [-0.3, -0.25) is 0 Å².